The number of aromatic nitrogens is 4. The van der Waals surface area contributed by atoms with E-state index in [0.717, 1.165) is 6.20 Å². The molecule has 2 aromatic heterocycles. The van der Waals surface area contributed by atoms with Gasteiger partial charge in [0.2, 0.25) is 0 Å². The molecular formula is C11H8F2N4O2. The highest BCUT2D eigenvalue weighted by atomic mass is 19.3. The number of hydrogen-bond acceptors (Lipinski definition) is 4. The first-order valence-corrected chi connectivity index (χ1v) is 5.40. The Morgan fingerprint density at radius 1 is 1.42 bits per heavy atom. The number of hydrogen-bond donors (Lipinski definition) is 1. The van der Waals surface area contributed by atoms with Crippen molar-refractivity contribution in [2.24, 2.45) is 0 Å². The maximum atomic E-state index is 13.3. The molecule has 1 atom stereocenters. The van der Waals surface area contributed by atoms with Gasteiger partial charge < -0.3 is 5.11 Å². The number of carboxylic acid groups (broad SMARTS) is 1. The van der Waals surface area contributed by atoms with E-state index in [4.69, 9.17) is 5.11 Å². The molecule has 98 valence electrons. The fourth-order valence-corrected chi connectivity index (χ4v) is 2.06. The zero-order chi connectivity index (χ0) is 13.7. The zero-order valence-corrected chi connectivity index (χ0v) is 9.49. The fraction of sp³-hybridized carbons (Fsp3) is 0.273. The van der Waals surface area contributed by atoms with Crippen molar-refractivity contribution in [3.63, 3.8) is 0 Å². The summed E-state index contributed by atoms with van der Waals surface area (Å²) in [5.41, 5.74) is -2.14. The maximum Gasteiger partial charge on any atom is 0.320 e. The number of halogens is 2. The summed E-state index contributed by atoms with van der Waals surface area (Å²) in [4.78, 5) is 18.7. The van der Waals surface area contributed by atoms with Crippen molar-refractivity contribution in [2.45, 2.75) is 17.8 Å². The van der Waals surface area contributed by atoms with E-state index in [0.29, 0.717) is 5.82 Å². The Balaban J connectivity index is 1.98. The van der Waals surface area contributed by atoms with Gasteiger partial charge in [0.15, 0.2) is 11.2 Å². The summed E-state index contributed by atoms with van der Waals surface area (Å²) in [7, 11) is 0. The maximum absolute atomic E-state index is 13.3. The van der Waals surface area contributed by atoms with Crippen molar-refractivity contribution < 1.29 is 18.7 Å². The van der Waals surface area contributed by atoms with Crippen LogP contribution in [0.5, 0.6) is 0 Å². The molecule has 2 aromatic rings. The molecule has 0 aromatic carbocycles. The largest absolute Gasteiger partial charge is 0.480 e. The van der Waals surface area contributed by atoms with E-state index < -0.39 is 23.7 Å². The van der Waals surface area contributed by atoms with E-state index in [1.54, 1.807) is 0 Å². The normalized spacial score (nSPS) is 24.1. The van der Waals surface area contributed by atoms with Crippen molar-refractivity contribution >= 4 is 5.97 Å². The SMILES string of the molecule is O=C(O)C1(c2ccc(-n3cncn3)nc2)CC1(F)F. The highest BCUT2D eigenvalue weighted by Gasteiger charge is 2.77. The lowest BCUT2D eigenvalue weighted by atomic mass is 9.97. The average Bonchev–Trinajstić information content (AvgIpc) is 2.79. The molecule has 2 heterocycles. The lowest BCUT2D eigenvalue weighted by Gasteiger charge is -2.11. The lowest BCUT2D eigenvalue weighted by Crippen LogP contribution is -2.27. The second-order valence-corrected chi connectivity index (χ2v) is 4.34. The van der Waals surface area contributed by atoms with Gasteiger partial charge in [0.1, 0.15) is 12.7 Å². The monoisotopic (exact) mass is 266 g/mol. The highest BCUT2D eigenvalue weighted by Crippen LogP contribution is 2.61. The van der Waals surface area contributed by atoms with Crippen LogP contribution < -0.4 is 0 Å². The minimum atomic E-state index is -3.23. The van der Waals surface area contributed by atoms with Crippen LogP contribution in [-0.4, -0.2) is 36.7 Å². The van der Waals surface area contributed by atoms with E-state index in [2.05, 4.69) is 15.1 Å². The second-order valence-electron chi connectivity index (χ2n) is 4.34. The Labute approximate surface area is 105 Å². The first kappa shape index (κ1) is 11.7. The van der Waals surface area contributed by atoms with Crippen LogP contribution in [0, 0.1) is 0 Å². The van der Waals surface area contributed by atoms with Gasteiger partial charge in [0.25, 0.3) is 5.92 Å². The van der Waals surface area contributed by atoms with E-state index in [9.17, 15) is 13.6 Å². The van der Waals surface area contributed by atoms with Crippen molar-refractivity contribution in [3.8, 4) is 5.82 Å². The summed E-state index contributed by atoms with van der Waals surface area (Å²) in [5, 5.41) is 12.8. The number of alkyl halides is 2. The molecule has 1 aliphatic rings. The van der Waals surface area contributed by atoms with Crippen LogP contribution in [0.4, 0.5) is 8.78 Å². The molecule has 0 aliphatic heterocycles. The summed E-state index contributed by atoms with van der Waals surface area (Å²) in [6.07, 6.45) is 3.16. The van der Waals surface area contributed by atoms with Crippen LogP contribution in [0.2, 0.25) is 0 Å². The van der Waals surface area contributed by atoms with Crippen LogP contribution in [0.25, 0.3) is 5.82 Å². The second kappa shape index (κ2) is 3.56. The molecule has 1 unspecified atom stereocenters. The van der Waals surface area contributed by atoms with Gasteiger partial charge in [-0.05, 0) is 11.6 Å². The summed E-state index contributed by atoms with van der Waals surface area (Å²) in [5.74, 6) is -4.38. The van der Waals surface area contributed by atoms with Crippen molar-refractivity contribution in [3.05, 3.63) is 36.5 Å². The van der Waals surface area contributed by atoms with Gasteiger partial charge in [-0.2, -0.15) is 5.10 Å². The number of aliphatic carboxylic acids is 1. The predicted molar refractivity (Wildman–Crippen MR) is 58.0 cm³/mol. The number of rotatable bonds is 3. The summed E-state index contributed by atoms with van der Waals surface area (Å²) >= 11 is 0. The van der Waals surface area contributed by atoms with E-state index in [1.165, 1.54) is 29.5 Å². The van der Waals surface area contributed by atoms with Crippen LogP contribution >= 0.6 is 0 Å². The molecule has 0 spiro atoms. The first-order valence-electron chi connectivity index (χ1n) is 5.40. The Bertz CT molecular complexity index is 627. The lowest BCUT2D eigenvalue weighted by molar-refractivity contribution is -0.143. The summed E-state index contributed by atoms with van der Waals surface area (Å²) in [6.45, 7) is 0. The number of carboxylic acids is 1. The van der Waals surface area contributed by atoms with Gasteiger partial charge >= 0.3 is 5.97 Å². The Kier molecular flexibility index (Phi) is 2.19. The van der Waals surface area contributed by atoms with Crippen LogP contribution in [0.1, 0.15) is 12.0 Å². The van der Waals surface area contributed by atoms with Crippen molar-refractivity contribution in [1.29, 1.82) is 0 Å². The predicted octanol–water partition coefficient (Wildman–Crippen LogP) is 1.02. The Morgan fingerprint density at radius 3 is 2.58 bits per heavy atom. The number of pyridine rings is 1. The quantitative estimate of drug-likeness (QED) is 0.897. The molecule has 1 N–H and O–H groups in total. The van der Waals surface area contributed by atoms with Gasteiger partial charge in [-0.25, -0.2) is 23.4 Å². The number of nitrogens with zero attached hydrogens (tertiary/aromatic N) is 4. The molecule has 1 aliphatic carbocycles. The number of carbonyl (C=O) groups is 1. The Morgan fingerprint density at radius 2 is 2.16 bits per heavy atom. The highest BCUT2D eigenvalue weighted by molar-refractivity contribution is 5.87. The molecule has 0 amide bonds. The third kappa shape index (κ3) is 1.52. The molecule has 6 nitrogen and oxygen atoms in total. The fourth-order valence-electron chi connectivity index (χ4n) is 2.06. The van der Waals surface area contributed by atoms with Crippen LogP contribution in [0.3, 0.4) is 0 Å². The standard InChI is InChI=1S/C11H8F2N4O2/c12-11(13)4-10(11,9(18)19)7-1-2-8(15-3-7)17-6-14-5-16-17/h1-3,5-6H,4H2,(H,18,19). The minimum absolute atomic E-state index is 0.00568. The summed E-state index contributed by atoms with van der Waals surface area (Å²) in [6, 6.07) is 2.77. The summed E-state index contributed by atoms with van der Waals surface area (Å²) < 4.78 is 28.0. The van der Waals surface area contributed by atoms with Gasteiger partial charge in [0.05, 0.1) is 0 Å². The average molecular weight is 266 g/mol. The first-order chi connectivity index (χ1) is 8.97. The van der Waals surface area contributed by atoms with E-state index >= 15 is 0 Å². The van der Waals surface area contributed by atoms with E-state index in [-0.39, 0.29) is 5.56 Å². The molecule has 3 rings (SSSR count). The van der Waals surface area contributed by atoms with Gasteiger partial charge in [-0.3, -0.25) is 4.79 Å². The van der Waals surface area contributed by atoms with Crippen LogP contribution in [0.15, 0.2) is 31.0 Å². The smallest absolute Gasteiger partial charge is 0.320 e. The molecular weight excluding hydrogens is 258 g/mol. The van der Waals surface area contributed by atoms with Crippen LogP contribution in [-0.2, 0) is 10.2 Å². The van der Waals surface area contributed by atoms with E-state index in [1.807, 2.05) is 0 Å². The molecule has 8 heteroatoms. The molecule has 1 saturated carbocycles. The molecule has 19 heavy (non-hydrogen) atoms. The molecule has 0 bridgehead atoms. The van der Waals surface area contributed by atoms with Gasteiger partial charge in [0, 0.05) is 12.6 Å². The Hall–Kier alpha value is -2.38. The molecule has 0 radical (unpaired) electrons. The minimum Gasteiger partial charge on any atom is -0.480 e. The van der Waals surface area contributed by atoms with Gasteiger partial charge in [-0.1, -0.05) is 6.07 Å². The topological polar surface area (TPSA) is 80.9 Å². The third-order valence-electron chi connectivity index (χ3n) is 3.25. The van der Waals surface area contributed by atoms with Crippen molar-refractivity contribution in [2.75, 3.05) is 0 Å². The van der Waals surface area contributed by atoms with Crippen molar-refractivity contribution in [1.82, 2.24) is 19.7 Å². The third-order valence-corrected chi connectivity index (χ3v) is 3.25. The molecule has 1 fully saturated rings. The zero-order valence-electron chi connectivity index (χ0n) is 9.49. The van der Waals surface area contributed by atoms with Gasteiger partial charge in [-0.15, -0.1) is 0 Å². The molecule has 0 saturated heterocycles.